The number of esters is 1. The largest absolute Gasteiger partial charge is 0.451 e. The summed E-state index contributed by atoms with van der Waals surface area (Å²) in [5, 5.41) is 6.27. The van der Waals surface area contributed by atoms with Crippen LogP contribution in [0.15, 0.2) is 22.7 Å². The van der Waals surface area contributed by atoms with Crippen molar-refractivity contribution in [3.8, 4) is 0 Å². The molecule has 0 radical (unpaired) electrons. The van der Waals surface area contributed by atoms with Gasteiger partial charge in [-0.05, 0) is 18.1 Å². The molecular weight excluding hydrogens is 316 g/mol. The monoisotopic (exact) mass is 328 g/mol. The Hall–Kier alpha value is -1.86. The van der Waals surface area contributed by atoms with Gasteiger partial charge in [-0.25, -0.2) is 4.79 Å². The molecule has 0 saturated carbocycles. The highest BCUT2D eigenvalue weighted by Crippen LogP contribution is 2.22. The topological polar surface area (TPSA) is 81.4 Å². The Morgan fingerprint density at radius 1 is 1.48 bits per heavy atom. The number of nitrogens with one attached hydrogen (secondary N) is 1. The number of anilines is 1. The normalized spacial score (nSPS) is 10.7. The summed E-state index contributed by atoms with van der Waals surface area (Å²) in [5.74, 6) is -0.681. The summed E-state index contributed by atoms with van der Waals surface area (Å²) in [6.45, 7) is 3.50. The summed E-state index contributed by atoms with van der Waals surface area (Å²) < 4.78 is 10.3. The average Bonchev–Trinajstić information content (AvgIpc) is 3.05. The minimum absolute atomic E-state index is 0.195. The number of nitrogens with zero attached hydrogens (tertiary/aromatic N) is 1. The van der Waals surface area contributed by atoms with E-state index >= 15 is 0 Å². The van der Waals surface area contributed by atoms with Gasteiger partial charge in [0.1, 0.15) is 4.88 Å². The number of carbonyl (C=O) groups is 2. The van der Waals surface area contributed by atoms with Crippen molar-refractivity contribution in [3.05, 3.63) is 33.1 Å². The maximum absolute atomic E-state index is 11.6. The summed E-state index contributed by atoms with van der Waals surface area (Å²) in [7, 11) is 0. The van der Waals surface area contributed by atoms with E-state index in [-0.39, 0.29) is 11.8 Å². The van der Waals surface area contributed by atoms with Gasteiger partial charge >= 0.3 is 5.97 Å². The molecule has 1 amide bonds. The molecule has 2 heterocycles. The molecule has 0 atom stereocenters. The fourth-order valence-electron chi connectivity index (χ4n) is 1.42. The molecule has 0 aliphatic heterocycles. The lowest BCUT2D eigenvalue weighted by Crippen LogP contribution is -2.20. The highest BCUT2D eigenvalue weighted by molar-refractivity contribution is 7.17. The molecule has 8 heteroatoms. The Kier molecular flexibility index (Phi) is 4.98. The van der Waals surface area contributed by atoms with Crippen LogP contribution in [0.2, 0.25) is 4.34 Å². The number of ether oxygens (including phenoxy) is 1. The molecule has 0 spiro atoms. The van der Waals surface area contributed by atoms with Gasteiger partial charge in [0.15, 0.2) is 6.61 Å². The number of carbonyl (C=O) groups excluding carboxylic acids is 2. The van der Waals surface area contributed by atoms with Crippen LogP contribution in [0.25, 0.3) is 0 Å². The highest BCUT2D eigenvalue weighted by atomic mass is 35.5. The second kappa shape index (κ2) is 6.73. The molecule has 1 N–H and O–H groups in total. The van der Waals surface area contributed by atoms with Gasteiger partial charge in [0, 0.05) is 6.07 Å². The Bertz CT molecular complexity index is 650. The molecule has 2 rings (SSSR count). The Morgan fingerprint density at radius 2 is 2.24 bits per heavy atom. The number of hydrogen-bond acceptors (Lipinski definition) is 6. The van der Waals surface area contributed by atoms with E-state index in [9.17, 15) is 9.59 Å². The van der Waals surface area contributed by atoms with Crippen molar-refractivity contribution < 1.29 is 18.8 Å². The SMILES string of the molecule is CC(C)c1cc(NC(=O)COC(=O)c2ccc(Cl)s2)on1. The van der Waals surface area contributed by atoms with Gasteiger partial charge < -0.3 is 9.26 Å². The van der Waals surface area contributed by atoms with Gasteiger partial charge in [0.05, 0.1) is 10.0 Å². The first kappa shape index (κ1) is 15.5. The van der Waals surface area contributed by atoms with E-state index in [2.05, 4.69) is 10.5 Å². The van der Waals surface area contributed by atoms with Crippen LogP contribution in [0.1, 0.15) is 35.1 Å². The van der Waals surface area contributed by atoms with Gasteiger partial charge in [-0.1, -0.05) is 30.6 Å². The maximum Gasteiger partial charge on any atom is 0.348 e. The lowest BCUT2D eigenvalue weighted by molar-refractivity contribution is -0.119. The summed E-state index contributed by atoms with van der Waals surface area (Å²) in [5.41, 5.74) is 0.732. The second-order valence-corrected chi connectivity index (χ2v) is 6.21. The summed E-state index contributed by atoms with van der Waals surface area (Å²) >= 11 is 6.80. The molecule has 2 aromatic heterocycles. The minimum atomic E-state index is -0.595. The predicted octanol–water partition coefficient (Wildman–Crippen LogP) is 3.31. The zero-order valence-corrected chi connectivity index (χ0v) is 13.0. The number of hydrogen-bond donors (Lipinski definition) is 1. The van der Waals surface area contributed by atoms with Crippen LogP contribution >= 0.6 is 22.9 Å². The Labute approximate surface area is 130 Å². The van der Waals surface area contributed by atoms with E-state index in [1.54, 1.807) is 18.2 Å². The van der Waals surface area contributed by atoms with Gasteiger partial charge in [-0.3, -0.25) is 10.1 Å². The van der Waals surface area contributed by atoms with Gasteiger partial charge in [0.25, 0.3) is 5.91 Å². The second-order valence-electron chi connectivity index (χ2n) is 4.50. The van der Waals surface area contributed by atoms with Crippen molar-refractivity contribution in [2.45, 2.75) is 19.8 Å². The van der Waals surface area contributed by atoms with E-state index in [0.717, 1.165) is 17.0 Å². The Morgan fingerprint density at radius 3 is 2.81 bits per heavy atom. The number of halogens is 1. The lowest BCUT2D eigenvalue weighted by Gasteiger charge is -2.02. The number of amides is 1. The molecule has 0 unspecified atom stereocenters. The fourth-order valence-corrected chi connectivity index (χ4v) is 2.36. The first-order valence-corrected chi connectivity index (χ1v) is 7.34. The van der Waals surface area contributed by atoms with Crippen LogP contribution in [-0.2, 0) is 9.53 Å². The van der Waals surface area contributed by atoms with Gasteiger partial charge in [-0.2, -0.15) is 0 Å². The standard InChI is InChI=1S/C13H13ClN2O4S/c1-7(2)8-5-12(20-16-8)15-11(17)6-19-13(18)9-3-4-10(14)21-9/h3-5,7H,6H2,1-2H3,(H,15,17). The molecule has 0 aliphatic rings. The summed E-state index contributed by atoms with van der Waals surface area (Å²) in [6, 6.07) is 4.76. The first-order chi connectivity index (χ1) is 9.95. The molecule has 2 aromatic rings. The van der Waals surface area contributed by atoms with Crippen LogP contribution in [0, 0.1) is 0 Å². The summed E-state index contributed by atoms with van der Waals surface area (Å²) in [4.78, 5) is 23.6. The van der Waals surface area contributed by atoms with Crippen molar-refractivity contribution >= 4 is 40.7 Å². The molecule has 0 bridgehead atoms. The van der Waals surface area contributed by atoms with Crippen LogP contribution < -0.4 is 5.32 Å². The van der Waals surface area contributed by atoms with Crippen molar-refractivity contribution in [1.82, 2.24) is 5.16 Å². The predicted molar refractivity (Wildman–Crippen MR) is 78.8 cm³/mol. The number of aromatic nitrogens is 1. The zero-order chi connectivity index (χ0) is 15.4. The molecular formula is C13H13ClN2O4S. The highest BCUT2D eigenvalue weighted by Gasteiger charge is 2.14. The van der Waals surface area contributed by atoms with Crippen LogP contribution in [-0.4, -0.2) is 23.6 Å². The fraction of sp³-hybridized carbons (Fsp3) is 0.308. The number of rotatable bonds is 5. The van der Waals surface area contributed by atoms with E-state index in [4.69, 9.17) is 20.9 Å². The van der Waals surface area contributed by atoms with E-state index < -0.39 is 18.5 Å². The van der Waals surface area contributed by atoms with E-state index in [0.29, 0.717) is 9.21 Å². The molecule has 6 nitrogen and oxygen atoms in total. The molecule has 0 aromatic carbocycles. The lowest BCUT2D eigenvalue weighted by atomic mass is 10.1. The Balaban J connectivity index is 1.83. The minimum Gasteiger partial charge on any atom is -0.451 e. The van der Waals surface area contributed by atoms with Crippen LogP contribution in [0.5, 0.6) is 0 Å². The molecule has 0 fully saturated rings. The van der Waals surface area contributed by atoms with Crippen molar-refractivity contribution in [2.24, 2.45) is 0 Å². The quantitative estimate of drug-likeness (QED) is 0.851. The zero-order valence-electron chi connectivity index (χ0n) is 11.4. The van der Waals surface area contributed by atoms with Gasteiger partial charge in [0.2, 0.25) is 5.88 Å². The third kappa shape index (κ3) is 4.30. The van der Waals surface area contributed by atoms with Crippen LogP contribution in [0.3, 0.4) is 0 Å². The van der Waals surface area contributed by atoms with E-state index in [1.807, 2.05) is 13.8 Å². The molecule has 0 aliphatic carbocycles. The smallest absolute Gasteiger partial charge is 0.348 e. The third-order valence-corrected chi connectivity index (χ3v) is 3.70. The van der Waals surface area contributed by atoms with Crippen molar-refractivity contribution in [3.63, 3.8) is 0 Å². The molecule has 112 valence electrons. The van der Waals surface area contributed by atoms with Crippen LogP contribution in [0.4, 0.5) is 5.88 Å². The molecule has 0 saturated heterocycles. The molecule has 21 heavy (non-hydrogen) atoms. The van der Waals surface area contributed by atoms with Crippen molar-refractivity contribution in [2.75, 3.05) is 11.9 Å². The van der Waals surface area contributed by atoms with Gasteiger partial charge in [-0.15, -0.1) is 11.3 Å². The maximum atomic E-state index is 11.6. The first-order valence-electron chi connectivity index (χ1n) is 6.14. The number of thiophene rings is 1. The van der Waals surface area contributed by atoms with Crippen molar-refractivity contribution in [1.29, 1.82) is 0 Å². The average molecular weight is 329 g/mol. The summed E-state index contributed by atoms with van der Waals surface area (Å²) in [6.07, 6.45) is 0. The van der Waals surface area contributed by atoms with E-state index in [1.165, 1.54) is 0 Å². The third-order valence-electron chi connectivity index (χ3n) is 2.49.